The second-order valence-electron chi connectivity index (χ2n) is 8.54. The smallest absolute Gasteiger partial charge is 0.356 e. The van der Waals surface area contributed by atoms with Crippen molar-refractivity contribution in [3.63, 3.8) is 0 Å². The Morgan fingerprint density at radius 1 is 1.14 bits per heavy atom. The maximum Gasteiger partial charge on any atom is 0.356 e. The zero-order valence-corrected chi connectivity index (χ0v) is 20.7. The molecule has 1 unspecified atom stereocenters. The van der Waals surface area contributed by atoms with Crippen molar-refractivity contribution in [2.75, 3.05) is 11.3 Å². The summed E-state index contributed by atoms with van der Waals surface area (Å²) in [5.74, 6) is -1.15. The predicted molar refractivity (Wildman–Crippen MR) is 130 cm³/mol. The Labute approximate surface area is 203 Å². The molecule has 0 spiro atoms. The zero-order chi connectivity index (χ0) is 25.8. The summed E-state index contributed by atoms with van der Waals surface area (Å²) < 4.78 is 33.9. The molecule has 0 saturated carbocycles. The van der Waals surface area contributed by atoms with Crippen LogP contribution in [0.1, 0.15) is 41.9 Å². The molecule has 2 heterocycles. The lowest BCUT2D eigenvalue weighted by atomic mass is 10.00. The number of benzene rings is 1. The van der Waals surface area contributed by atoms with Crippen LogP contribution >= 0.6 is 0 Å². The zero-order valence-electron chi connectivity index (χ0n) is 19.9. The van der Waals surface area contributed by atoms with E-state index in [-0.39, 0.29) is 24.5 Å². The maximum absolute atomic E-state index is 12.9. The highest BCUT2D eigenvalue weighted by Gasteiger charge is 2.22. The van der Waals surface area contributed by atoms with Gasteiger partial charge in [-0.1, -0.05) is 32.0 Å². The third-order valence-electron chi connectivity index (χ3n) is 4.99. The Kier molecular flexibility index (Phi) is 7.97. The molecule has 4 N–H and O–H groups in total. The molecule has 1 aromatic carbocycles. The summed E-state index contributed by atoms with van der Waals surface area (Å²) in [7, 11) is -4.34. The summed E-state index contributed by atoms with van der Waals surface area (Å²) >= 11 is 0. The molecule has 0 aliphatic rings. The Morgan fingerprint density at radius 2 is 1.83 bits per heavy atom. The van der Waals surface area contributed by atoms with Gasteiger partial charge in [-0.3, -0.25) is 4.98 Å². The third-order valence-corrected chi connectivity index (χ3v) is 6.19. The molecule has 2 aromatic heterocycles. The standard InChI is InChI=1S/C23H28N6O5S/c1-13(2)8-16(24)12-34-19-9-17(21-14(3)6-5-7-15(21)4)27-23(28-19)29-35(32,33)20-11-25-10-18(26-20)22(30)31/h5-7,9-11,13,16H,8,12,24H2,1-4H3,(H,30,31)(H,27,28,29). The van der Waals surface area contributed by atoms with E-state index in [4.69, 9.17) is 15.6 Å². The molecule has 0 amide bonds. The van der Waals surface area contributed by atoms with Crippen molar-refractivity contribution < 1.29 is 23.1 Å². The molecule has 186 valence electrons. The van der Waals surface area contributed by atoms with Gasteiger partial charge in [-0.25, -0.2) is 19.5 Å². The van der Waals surface area contributed by atoms with Crippen LogP contribution in [0.15, 0.2) is 41.7 Å². The molecule has 0 fully saturated rings. The largest absolute Gasteiger partial charge is 0.476 e. The number of nitrogens with two attached hydrogens (primary N) is 1. The third kappa shape index (κ3) is 6.70. The topological polar surface area (TPSA) is 170 Å². The van der Waals surface area contributed by atoms with Gasteiger partial charge in [0.05, 0.1) is 18.1 Å². The first-order chi connectivity index (χ1) is 16.5. The number of nitrogens with zero attached hydrogens (tertiary/aromatic N) is 4. The summed E-state index contributed by atoms with van der Waals surface area (Å²) in [5, 5.41) is 8.52. The average molecular weight is 501 g/mol. The van der Waals surface area contributed by atoms with Crippen LogP contribution < -0.4 is 15.2 Å². The fourth-order valence-corrected chi connectivity index (χ4v) is 4.36. The van der Waals surface area contributed by atoms with Crippen molar-refractivity contribution in [3.05, 3.63) is 53.5 Å². The molecular formula is C23H28N6O5S. The van der Waals surface area contributed by atoms with Gasteiger partial charge in [-0.2, -0.15) is 13.4 Å². The van der Waals surface area contributed by atoms with Gasteiger partial charge in [0.1, 0.15) is 6.61 Å². The van der Waals surface area contributed by atoms with Crippen LogP contribution in [0.2, 0.25) is 0 Å². The van der Waals surface area contributed by atoms with E-state index in [1.807, 2.05) is 32.0 Å². The van der Waals surface area contributed by atoms with E-state index in [1.165, 1.54) is 0 Å². The SMILES string of the molecule is Cc1cccc(C)c1-c1cc(OCC(N)CC(C)C)nc(NS(=O)(=O)c2cncc(C(=O)O)n2)n1. The monoisotopic (exact) mass is 500 g/mol. The van der Waals surface area contributed by atoms with Crippen molar-refractivity contribution >= 4 is 21.9 Å². The van der Waals surface area contributed by atoms with Crippen LogP contribution in [0, 0.1) is 19.8 Å². The van der Waals surface area contributed by atoms with Gasteiger partial charge in [0, 0.05) is 17.7 Å². The molecule has 12 heteroatoms. The van der Waals surface area contributed by atoms with Gasteiger partial charge >= 0.3 is 5.97 Å². The first kappa shape index (κ1) is 26.0. The number of sulfonamides is 1. The molecule has 0 bridgehead atoms. The lowest BCUT2D eigenvalue weighted by molar-refractivity contribution is 0.0689. The van der Waals surface area contributed by atoms with Crippen molar-refractivity contribution in [1.82, 2.24) is 19.9 Å². The van der Waals surface area contributed by atoms with Gasteiger partial charge in [-0.05, 0) is 37.3 Å². The molecule has 35 heavy (non-hydrogen) atoms. The quantitative estimate of drug-likeness (QED) is 0.376. The number of hydrogen-bond donors (Lipinski definition) is 3. The number of anilines is 1. The number of aryl methyl sites for hydroxylation is 2. The van der Waals surface area contributed by atoms with Crippen LogP contribution in [-0.4, -0.2) is 52.1 Å². The van der Waals surface area contributed by atoms with Crippen molar-refractivity contribution in [3.8, 4) is 17.1 Å². The minimum Gasteiger partial charge on any atom is -0.476 e. The van der Waals surface area contributed by atoms with Gasteiger partial charge in [0.2, 0.25) is 11.8 Å². The van der Waals surface area contributed by atoms with Crippen molar-refractivity contribution in [1.29, 1.82) is 0 Å². The summed E-state index contributed by atoms with van der Waals surface area (Å²) in [6.45, 7) is 8.12. The summed E-state index contributed by atoms with van der Waals surface area (Å²) in [4.78, 5) is 27.1. The highest BCUT2D eigenvalue weighted by Crippen LogP contribution is 2.29. The minimum atomic E-state index is -4.34. The number of carboxylic acids is 1. The van der Waals surface area contributed by atoms with Crippen LogP contribution in [-0.2, 0) is 10.0 Å². The van der Waals surface area contributed by atoms with E-state index in [9.17, 15) is 13.2 Å². The van der Waals surface area contributed by atoms with Gasteiger partial charge in [0.25, 0.3) is 10.0 Å². The van der Waals surface area contributed by atoms with E-state index in [2.05, 4.69) is 38.5 Å². The Balaban J connectivity index is 2.01. The number of aromatic carboxylic acids is 1. The first-order valence-corrected chi connectivity index (χ1v) is 12.4. The average Bonchev–Trinajstić information content (AvgIpc) is 2.77. The highest BCUT2D eigenvalue weighted by atomic mass is 32.2. The van der Waals surface area contributed by atoms with Gasteiger partial charge in [-0.15, -0.1) is 0 Å². The number of ether oxygens (including phenoxy) is 1. The number of nitrogens with one attached hydrogen (secondary N) is 1. The number of aromatic nitrogens is 4. The van der Waals surface area contributed by atoms with E-state index in [1.54, 1.807) is 6.07 Å². The van der Waals surface area contributed by atoms with E-state index in [0.717, 1.165) is 35.5 Å². The summed E-state index contributed by atoms with van der Waals surface area (Å²) in [5.41, 5.74) is 8.73. The highest BCUT2D eigenvalue weighted by molar-refractivity contribution is 7.92. The minimum absolute atomic E-state index is 0.139. The van der Waals surface area contributed by atoms with Gasteiger partial charge in [0.15, 0.2) is 10.7 Å². The Bertz CT molecular complexity index is 1310. The Hall–Kier alpha value is -3.64. The predicted octanol–water partition coefficient (Wildman–Crippen LogP) is 2.80. The van der Waals surface area contributed by atoms with E-state index < -0.39 is 26.7 Å². The molecule has 11 nitrogen and oxygen atoms in total. The van der Waals surface area contributed by atoms with Gasteiger partial charge < -0.3 is 15.6 Å². The molecule has 0 aliphatic heterocycles. The first-order valence-electron chi connectivity index (χ1n) is 10.9. The summed E-state index contributed by atoms with van der Waals surface area (Å²) in [6.07, 6.45) is 2.63. The van der Waals surface area contributed by atoms with Crippen LogP contribution in [0.25, 0.3) is 11.3 Å². The molecular weight excluding hydrogens is 472 g/mol. The van der Waals surface area contributed by atoms with Crippen LogP contribution in [0.4, 0.5) is 5.95 Å². The number of rotatable bonds is 10. The second kappa shape index (κ2) is 10.7. The van der Waals surface area contributed by atoms with E-state index in [0.29, 0.717) is 11.6 Å². The van der Waals surface area contributed by atoms with E-state index >= 15 is 0 Å². The Morgan fingerprint density at radius 3 is 2.46 bits per heavy atom. The molecule has 3 rings (SSSR count). The second-order valence-corrected chi connectivity index (χ2v) is 10.2. The number of carbonyl (C=O) groups is 1. The van der Waals surface area contributed by atoms with Crippen molar-refractivity contribution in [2.24, 2.45) is 11.7 Å². The molecule has 0 radical (unpaired) electrons. The lowest BCUT2D eigenvalue weighted by Gasteiger charge is -2.16. The van der Waals surface area contributed by atoms with Crippen LogP contribution in [0.3, 0.4) is 0 Å². The maximum atomic E-state index is 12.9. The fraction of sp³-hybridized carbons (Fsp3) is 0.348. The lowest BCUT2D eigenvalue weighted by Crippen LogP contribution is -2.29. The normalized spacial score (nSPS) is 12.4. The number of carboxylic acid groups (broad SMARTS) is 1. The molecule has 0 aliphatic carbocycles. The fourth-order valence-electron chi connectivity index (χ4n) is 3.51. The van der Waals surface area contributed by atoms with Crippen LogP contribution in [0.5, 0.6) is 5.88 Å². The number of hydrogen-bond acceptors (Lipinski definition) is 9. The molecule has 1 atom stereocenters. The molecule has 3 aromatic rings. The van der Waals surface area contributed by atoms with Crippen molar-refractivity contribution in [2.45, 2.75) is 45.2 Å². The summed E-state index contributed by atoms with van der Waals surface area (Å²) in [6, 6.07) is 7.14. The molecule has 0 saturated heterocycles.